The van der Waals surface area contributed by atoms with Gasteiger partial charge in [-0.05, 0) is 11.4 Å². The lowest BCUT2D eigenvalue weighted by Crippen LogP contribution is -2.11. The van der Waals surface area contributed by atoms with E-state index in [1.165, 1.54) is 22.7 Å². The number of halogens is 1. The van der Waals surface area contributed by atoms with E-state index in [0.29, 0.717) is 15.7 Å². The molecule has 1 N–H and O–H groups in total. The van der Waals surface area contributed by atoms with Crippen molar-refractivity contribution in [1.82, 2.24) is 4.98 Å². The first kappa shape index (κ1) is 9.64. The van der Waals surface area contributed by atoms with Crippen LogP contribution >= 0.6 is 34.3 Å². The SMILES string of the molecule is O=C(Nc1ccsc1Cl)c1cscn1. The van der Waals surface area contributed by atoms with Gasteiger partial charge in [0.25, 0.3) is 5.91 Å². The summed E-state index contributed by atoms with van der Waals surface area (Å²) in [5.41, 5.74) is 2.66. The Morgan fingerprint density at radius 3 is 3.00 bits per heavy atom. The standard InChI is InChI=1S/C8H5ClN2OS2/c9-7-5(1-2-14-7)11-8(12)6-3-13-4-10-6/h1-4H,(H,11,12). The van der Waals surface area contributed by atoms with Gasteiger partial charge in [0.1, 0.15) is 10.0 Å². The molecule has 0 radical (unpaired) electrons. The van der Waals surface area contributed by atoms with Crippen molar-refractivity contribution >= 4 is 45.9 Å². The number of amides is 1. The number of hydrogen-bond donors (Lipinski definition) is 1. The van der Waals surface area contributed by atoms with E-state index in [9.17, 15) is 4.79 Å². The van der Waals surface area contributed by atoms with Gasteiger partial charge in [0.2, 0.25) is 0 Å². The number of thiazole rings is 1. The van der Waals surface area contributed by atoms with Crippen LogP contribution in [-0.2, 0) is 0 Å². The van der Waals surface area contributed by atoms with Crippen molar-refractivity contribution in [1.29, 1.82) is 0 Å². The first-order valence-corrected chi connectivity index (χ1v) is 5.90. The van der Waals surface area contributed by atoms with Gasteiger partial charge in [-0.1, -0.05) is 11.6 Å². The minimum atomic E-state index is -0.230. The van der Waals surface area contributed by atoms with Gasteiger partial charge in [-0.3, -0.25) is 4.79 Å². The van der Waals surface area contributed by atoms with Crippen LogP contribution in [0.15, 0.2) is 22.3 Å². The molecule has 0 aromatic carbocycles. The monoisotopic (exact) mass is 244 g/mol. The highest BCUT2D eigenvalue weighted by atomic mass is 35.5. The van der Waals surface area contributed by atoms with E-state index in [1.807, 2.05) is 5.38 Å². The maximum absolute atomic E-state index is 11.5. The molecule has 0 fully saturated rings. The molecule has 0 aliphatic rings. The zero-order valence-corrected chi connectivity index (χ0v) is 9.25. The molecule has 0 atom stereocenters. The molecule has 6 heteroatoms. The number of carbonyl (C=O) groups is 1. The molecule has 2 rings (SSSR count). The number of aromatic nitrogens is 1. The van der Waals surface area contributed by atoms with E-state index in [0.717, 1.165) is 0 Å². The summed E-state index contributed by atoms with van der Waals surface area (Å²) in [6, 6.07) is 1.76. The number of nitrogens with one attached hydrogen (secondary N) is 1. The van der Waals surface area contributed by atoms with Gasteiger partial charge in [0.15, 0.2) is 0 Å². The van der Waals surface area contributed by atoms with Gasteiger partial charge in [0.05, 0.1) is 11.2 Å². The Hall–Kier alpha value is -0.910. The van der Waals surface area contributed by atoms with Gasteiger partial charge in [-0.2, -0.15) is 0 Å². The van der Waals surface area contributed by atoms with Gasteiger partial charge in [-0.15, -0.1) is 22.7 Å². The highest BCUT2D eigenvalue weighted by Gasteiger charge is 2.10. The van der Waals surface area contributed by atoms with Crippen LogP contribution in [0.25, 0.3) is 0 Å². The quantitative estimate of drug-likeness (QED) is 0.882. The topological polar surface area (TPSA) is 42.0 Å². The second-order valence-corrected chi connectivity index (χ2v) is 4.67. The number of thiophene rings is 1. The van der Waals surface area contributed by atoms with E-state index < -0.39 is 0 Å². The number of hydrogen-bond acceptors (Lipinski definition) is 4. The molecule has 0 saturated carbocycles. The molecule has 2 aromatic heterocycles. The van der Waals surface area contributed by atoms with Crippen molar-refractivity contribution in [2.75, 3.05) is 5.32 Å². The lowest BCUT2D eigenvalue weighted by molar-refractivity contribution is 0.102. The molecule has 0 saturated heterocycles. The number of nitrogens with zero attached hydrogens (tertiary/aromatic N) is 1. The van der Waals surface area contributed by atoms with Crippen molar-refractivity contribution in [2.24, 2.45) is 0 Å². The Kier molecular flexibility index (Phi) is 2.81. The first-order chi connectivity index (χ1) is 6.77. The Bertz CT molecular complexity index is 438. The number of anilines is 1. The first-order valence-electron chi connectivity index (χ1n) is 3.70. The molecule has 0 spiro atoms. The molecule has 2 aromatic rings. The molecular weight excluding hydrogens is 240 g/mol. The van der Waals surface area contributed by atoms with E-state index >= 15 is 0 Å². The number of rotatable bonds is 2. The zero-order chi connectivity index (χ0) is 9.97. The minimum Gasteiger partial charge on any atom is -0.319 e. The third-order valence-electron chi connectivity index (χ3n) is 1.53. The summed E-state index contributed by atoms with van der Waals surface area (Å²) in [6.45, 7) is 0. The summed E-state index contributed by atoms with van der Waals surface area (Å²) in [4.78, 5) is 15.4. The normalized spacial score (nSPS) is 10.1. The van der Waals surface area contributed by atoms with Crippen molar-refractivity contribution in [3.63, 3.8) is 0 Å². The highest BCUT2D eigenvalue weighted by molar-refractivity contribution is 7.15. The second-order valence-electron chi connectivity index (χ2n) is 2.44. The molecule has 0 aliphatic heterocycles. The van der Waals surface area contributed by atoms with Crippen LogP contribution in [0.3, 0.4) is 0 Å². The molecule has 1 amide bonds. The van der Waals surface area contributed by atoms with Crippen LogP contribution in [0.5, 0.6) is 0 Å². The average Bonchev–Trinajstić information content (AvgIpc) is 2.77. The molecule has 0 aliphatic carbocycles. The average molecular weight is 245 g/mol. The molecule has 72 valence electrons. The lowest BCUT2D eigenvalue weighted by atomic mass is 10.4. The van der Waals surface area contributed by atoms with E-state index in [1.54, 1.807) is 17.0 Å². The fourth-order valence-corrected chi connectivity index (χ4v) is 2.26. The summed E-state index contributed by atoms with van der Waals surface area (Å²) in [6.07, 6.45) is 0. The van der Waals surface area contributed by atoms with E-state index in [2.05, 4.69) is 10.3 Å². The van der Waals surface area contributed by atoms with Crippen LogP contribution in [0.2, 0.25) is 4.34 Å². The number of carbonyl (C=O) groups excluding carboxylic acids is 1. The fraction of sp³-hybridized carbons (Fsp3) is 0. The molecule has 0 bridgehead atoms. The second kappa shape index (κ2) is 4.08. The van der Waals surface area contributed by atoms with Crippen LogP contribution in [0.1, 0.15) is 10.5 Å². The Morgan fingerprint density at radius 2 is 2.43 bits per heavy atom. The molecular formula is C8H5ClN2OS2. The van der Waals surface area contributed by atoms with Crippen molar-refractivity contribution in [2.45, 2.75) is 0 Å². The molecule has 0 unspecified atom stereocenters. The van der Waals surface area contributed by atoms with Crippen LogP contribution in [-0.4, -0.2) is 10.9 Å². The Morgan fingerprint density at radius 1 is 1.57 bits per heavy atom. The molecule has 3 nitrogen and oxygen atoms in total. The zero-order valence-electron chi connectivity index (χ0n) is 6.86. The smallest absolute Gasteiger partial charge is 0.275 e. The summed E-state index contributed by atoms with van der Waals surface area (Å²) >= 11 is 8.59. The maximum Gasteiger partial charge on any atom is 0.275 e. The van der Waals surface area contributed by atoms with Gasteiger partial charge in [0, 0.05) is 5.38 Å². The third-order valence-corrected chi connectivity index (χ3v) is 3.29. The van der Waals surface area contributed by atoms with Crippen molar-refractivity contribution in [3.05, 3.63) is 32.4 Å². The van der Waals surface area contributed by atoms with Gasteiger partial charge >= 0.3 is 0 Å². The van der Waals surface area contributed by atoms with E-state index in [-0.39, 0.29) is 5.91 Å². The van der Waals surface area contributed by atoms with Gasteiger partial charge in [-0.25, -0.2) is 4.98 Å². The summed E-state index contributed by atoms with van der Waals surface area (Å²) < 4.78 is 0.577. The van der Waals surface area contributed by atoms with Crippen LogP contribution < -0.4 is 5.32 Å². The predicted molar refractivity (Wildman–Crippen MR) is 59.4 cm³/mol. The Labute approximate surface area is 93.4 Å². The van der Waals surface area contributed by atoms with Crippen LogP contribution in [0.4, 0.5) is 5.69 Å². The van der Waals surface area contributed by atoms with E-state index in [4.69, 9.17) is 11.6 Å². The van der Waals surface area contributed by atoms with Crippen LogP contribution in [0, 0.1) is 0 Å². The molecule has 2 heterocycles. The fourth-order valence-electron chi connectivity index (χ4n) is 0.893. The molecule has 14 heavy (non-hydrogen) atoms. The maximum atomic E-state index is 11.5. The summed E-state index contributed by atoms with van der Waals surface area (Å²) in [7, 11) is 0. The Balaban J connectivity index is 2.13. The summed E-state index contributed by atoms with van der Waals surface area (Å²) in [5.74, 6) is -0.230. The largest absolute Gasteiger partial charge is 0.319 e. The minimum absolute atomic E-state index is 0.230. The van der Waals surface area contributed by atoms with Crippen molar-refractivity contribution in [3.8, 4) is 0 Å². The van der Waals surface area contributed by atoms with Crippen molar-refractivity contribution < 1.29 is 4.79 Å². The third kappa shape index (κ3) is 1.95. The summed E-state index contributed by atoms with van der Waals surface area (Å²) in [5, 5.41) is 6.18. The lowest BCUT2D eigenvalue weighted by Gasteiger charge is -1.99. The highest BCUT2D eigenvalue weighted by Crippen LogP contribution is 2.27. The predicted octanol–water partition coefficient (Wildman–Crippen LogP) is 3.11. The van der Waals surface area contributed by atoms with Gasteiger partial charge < -0.3 is 5.32 Å².